The van der Waals surface area contributed by atoms with Crippen LogP contribution in [0.15, 0.2) is 45.3 Å². The summed E-state index contributed by atoms with van der Waals surface area (Å²) in [5, 5.41) is 6.55. The van der Waals surface area contributed by atoms with E-state index in [9.17, 15) is 4.79 Å². The van der Waals surface area contributed by atoms with Crippen LogP contribution in [0.5, 0.6) is 11.5 Å². The molecule has 0 saturated heterocycles. The molecule has 1 aromatic carbocycles. The van der Waals surface area contributed by atoms with Crippen molar-refractivity contribution in [3.63, 3.8) is 0 Å². The molecular weight excluding hydrogens is 312 g/mol. The molecule has 0 spiro atoms. The Labute approximate surface area is 137 Å². The number of amides is 1. The normalized spacial score (nSPS) is 12.4. The summed E-state index contributed by atoms with van der Waals surface area (Å²) < 4.78 is 21.3. The van der Waals surface area contributed by atoms with Crippen molar-refractivity contribution in [3.8, 4) is 22.8 Å². The van der Waals surface area contributed by atoms with E-state index in [1.54, 1.807) is 18.2 Å². The molecule has 1 N–H and O–H groups in total. The number of aryl methyl sites for hydroxylation is 1. The number of nitrogens with zero attached hydrogens (tertiary/aromatic N) is 1. The van der Waals surface area contributed by atoms with Gasteiger partial charge in [-0.2, -0.15) is 0 Å². The molecule has 0 radical (unpaired) electrons. The molecule has 24 heavy (non-hydrogen) atoms. The first-order valence-corrected chi connectivity index (χ1v) is 7.39. The Balaban J connectivity index is 1.47. The standard InChI is InChI=1S/C17H14N2O5/c1-10-2-4-12(23-10)8-18-17(20)13-7-15(24-19-13)11-3-5-14-16(6-11)22-9-21-14/h2-7H,8-9H2,1H3,(H,18,20). The third-order valence-electron chi connectivity index (χ3n) is 3.62. The van der Waals surface area contributed by atoms with Crippen LogP contribution in [0.3, 0.4) is 0 Å². The Morgan fingerprint density at radius 1 is 1.17 bits per heavy atom. The maximum atomic E-state index is 12.1. The zero-order chi connectivity index (χ0) is 16.5. The molecular formula is C17H14N2O5. The monoisotopic (exact) mass is 326 g/mol. The quantitative estimate of drug-likeness (QED) is 0.793. The minimum absolute atomic E-state index is 0.200. The molecule has 1 aliphatic rings. The lowest BCUT2D eigenvalue weighted by molar-refractivity contribution is 0.0939. The highest BCUT2D eigenvalue weighted by Crippen LogP contribution is 2.35. The highest BCUT2D eigenvalue weighted by atomic mass is 16.7. The number of carbonyl (C=O) groups is 1. The number of ether oxygens (including phenoxy) is 2. The van der Waals surface area contributed by atoms with Gasteiger partial charge < -0.3 is 23.7 Å². The molecule has 1 aliphatic heterocycles. The van der Waals surface area contributed by atoms with E-state index in [1.807, 2.05) is 25.1 Å². The number of aromatic nitrogens is 1. The second kappa shape index (κ2) is 5.77. The Morgan fingerprint density at radius 3 is 2.88 bits per heavy atom. The van der Waals surface area contributed by atoms with E-state index in [1.165, 1.54) is 0 Å². The average molecular weight is 326 g/mol. The molecule has 0 unspecified atom stereocenters. The summed E-state index contributed by atoms with van der Waals surface area (Å²) >= 11 is 0. The third kappa shape index (κ3) is 2.71. The van der Waals surface area contributed by atoms with E-state index in [2.05, 4.69) is 10.5 Å². The van der Waals surface area contributed by atoms with Gasteiger partial charge in [-0.15, -0.1) is 0 Å². The molecule has 0 atom stereocenters. The number of carbonyl (C=O) groups excluding carboxylic acids is 1. The van der Waals surface area contributed by atoms with Crippen LogP contribution in [0, 0.1) is 6.92 Å². The van der Waals surface area contributed by atoms with Crippen molar-refractivity contribution in [3.05, 3.63) is 53.6 Å². The fourth-order valence-electron chi connectivity index (χ4n) is 2.41. The predicted molar refractivity (Wildman–Crippen MR) is 82.7 cm³/mol. The van der Waals surface area contributed by atoms with Crippen LogP contribution < -0.4 is 14.8 Å². The molecule has 7 heteroatoms. The largest absolute Gasteiger partial charge is 0.465 e. The highest BCUT2D eigenvalue weighted by Gasteiger charge is 2.18. The molecule has 0 fully saturated rings. The van der Waals surface area contributed by atoms with E-state index in [0.29, 0.717) is 29.6 Å². The zero-order valence-corrected chi connectivity index (χ0v) is 12.9. The smallest absolute Gasteiger partial charge is 0.273 e. The van der Waals surface area contributed by atoms with Gasteiger partial charge in [0.25, 0.3) is 5.91 Å². The number of furan rings is 1. The first-order chi connectivity index (χ1) is 11.7. The Hall–Kier alpha value is -3.22. The van der Waals surface area contributed by atoms with E-state index >= 15 is 0 Å². The van der Waals surface area contributed by atoms with E-state index in [4.69, 9.17) is 18.4 Å². The second-order valence-electron chi connectivity index (χ2n) is 5.34. The van der Waals surface area contributed by atoms with Gasteiger partial charge in [0.2, 0.25) is 6.79 Å². The van der Waals surface area contributed by atoms with Gasteiger partial charge in [-0.05, 0) is 37.3 Å². The molecule has 2 aromatic heterocycles. The number of benzene rings is 1. The van der Waals surface area contributed by atoms with Crippen molar-refractivity contribution in [1.82, 2.24) is 10.5 Å². The summed E-state index contributed by atoms with van der Waals surface area (Å²) in [5.74, 6) is 2.95. The second-order valence-corrected chi connectivity index (χ2v) is 5.34. The van der Waals surface area contributed by atoms with Crippen LogP contribution in [0.1, 0.15) is 22.0 Å². The number of rotatable bonds is 4. The topological polar surface area (TPSA) is 86.7 Å². The maximum absolute atomic E-state index is 12.1. The van der Waals surface area contributed by atoms with Crippen LogP contribution in [-0.2, 0) is 6.54 Å². The van der Waals surface area contributed by atoms with Gasteiger partial charge in [0.15, 0.2) is 23.0 Å². The fourth-order valence-corrected chi connectivity index (χ4v) is 2.41. The minimum Gasteiger partial charge on any atom is -0.465 e. The van der Waals surface area contributed by atoms with Gasteiger partial charge in [-0.3, -0.25) is 4.79 Å². The number of fused-ring (bicyclic) bond motifs is 1. The summed E-state index contributed by atoms with van der Waals surface area (Å²) in [5.41, 5.74) is 0.957. The number of hydrogen-bond donors (Lipinski definition) is 1. The summed E-state index contributed by atoms with van der Waals surface area (Å²) in [6.07, 6.45) is 0. The van der Waals surface area contributed by atoms with Crippen LogP contribution >= 0.6 is 0 Å². The van der Waals surface area contributed by atoms with Gasteiger partial charge in [-0.1, -0.05) is 5.16 Å². The number of hydrogen-bond acceptors (Lipinski definition) is 6. The van der Waals surface area contributed by atoms with Crippen molar-refractivity contribution in [2.75, 3.05) is 6.79 Å². The van der Waals surface area contributed by atoms with Crippen LogP contribution in [0.25, 0.3) is 11.3 Å². The molecule has 3 aromatic rings. The number of nitrogens with one attached hydrogen (secondary N) is 1. The van der Waals surface area contributed by atoms with Crippen LogP contribution in [0.2, 0.25) is 0 Å². The SMILES string of the molecule is Cc1ccc(CNC(=O)c2cc(-c3ccc4c(c3)OCO4)on2)o1. The molecule has 0 bridgehead atoms. The molecule has 0 aliphatic carbocycles. The first-order valence-electron chi connectivity index (χ1n) is 7.39. The zero-order valence-electron chi connectivity index (χ0n) is 12.9. The lowest BCUT2D eigenvalue weighted by Gasteiger charge is -1.99. The molecule has 3 heterocycles. The van der Waals surface area contributed by atoms with Gasteiger partial charge >= 0.3 is 0 Å². The van der Waals surface area contributed by atoms with Gasteiger partial charge in [0.1, 0.15) is 11.5 Å². The lowest BCUT2D eigenvalue weighted by Crippen LogP contribution is -2.22. The van der Waals surface area contributed by atoms with Crippen LogP contribution in [-0.4, -0.2) is 17.9 Å². The maximum Gasteiger partial charge on any atom is 0.273 e. The molecule has 4 rings (SSSR count). The first kappa shape index (κ1) is 14.4. The molecule has 1 amide bonds. The van der Waals surface area contributed by atoms with E-state index in [-0.39, 0.29) is 18.4 Å². The minimum atomic E-state index is -0.334. The summed E-state index contributed by atoms with van der Waals surface area (Å²) in [6, 6.07) is 10.6. The fraction of sp³-hybridized carbons (Fsp3) is 0.176. The Bertz CT molecular complexity index is 896. The predicted octanol–water partition coefficient (Wildman–Crippen LogP) is 2.90. The summed E-state index contributed by atoms with van der Waals surface area (Å²) in [6.45, 7) is 2.34. The van der Waals surface area contributed by atoms with Crippen molar-refractivity contribution in [1.29, 1.82) is 0 Å². The lowest BCUT2D eigenvalue weighted by atomic mass is 10.1. The molecule has 0 saturated carbocycles. The molecule has 122 valence electrons. The van der Waals surface area contributed by atoms with Gasteiger partial charge in [0, 0.05) is 11.6 Å². The summed E-state index contributed by atoms with van der Waals surface area (Å²) in [4.78, 5) is 12.1. The molecule has 7 nitrogen and oxygen atoms in total. The Kier molecular flexibility index (Phi) is 3.45. The van der Waals surface area contributed by atoms with Crippen molar-refractivity contribution in [2.24, 2.45) is 0 Å². The average Bonchev–Trinajstić information content (AvgIpc) is 3.32. The van der Waals surface area contributed by atoms with Crippen molar-refractivity contribution < 1.29 is 23.2 Å². The van der Waals surface area contributed by atoms with Gasteiger partial charge in [0.05, 0.1) is 6.54 Å². The third-order valence-corrected chi connectivity index (χ3v) is 3.62. The highest BCUT2D eigenvalue weighted by molar-refractivity contribution is 5.93. The Morgan fingerprint density at radius 2 is 2.04 bits per heavy atom. The van der Waals surface area contributed by atoms with Crippen molar-refractivity contribution in [2.45, 2.75) is 13.5 Å². The van der Waals surface area contributed by atoms with Gasteiger partial charge in [-0.25, -0.2) is 0 Å². The van der Waals surface area contributed by atoms with Crippen LogP contribution in [0.4, 0.5) is 0 Å². The summed E-state index contributed by atoms with van der Waals surface area (Å²) in [7, 11) is 0. The van der Waals surface area contributed by atoms with E-state index in [0.717, 1.165) is 11.3 Å². The van der Waals surface area contributed by atoms with E-state index < -0.39 is 0 Å². The van der Waals surface area contributed by atoms with Crippen molar-refractivity contribution >= 4 is 5.91 Å².